The van der Waals surface area contributed by atoms with Gasteiger partial charge in [0.25, 0.3) is 0 Å². The highest BCUT2D eigenvalue weighted by Crippen LogP contribution is 2.26. The average molecular weight is 286 g/mol. The SMILES string of the molecule is COC(=O)[C@H]1CC[C@@H](NC(=O)N(C)CC(C)C(=O)O)C1. The predicted octanol–water partition coefficient (Wildman–Crippen LogP) is 0.690. The van der Waals surface area contributed by atoms with Gasteiger partial charge in [-0.15, -0.1) is 0 Å². The molecule has 0 bridgehead atoms. The fraction of sp³-hybridized carbons (Fsp3) is 0.769. The van der Waals surface area contributed by atoms with Crippen LogP contribution in [0.15, 0.2) is 0 Å². The fourth-order valence-corrected chi connectivity index (χ4v) is 2.35. The van der Waals surface area contributed by atoms with E-state index in [2.05, 4.69) is 10.1 Å². The van der Waals surface area contributed by atoms with E-state index < -0.39 is 11.9 Å². The van der Waals surface area contributed by atoms with Crippen molar-refractivity contribution in [1.82, 2.24) is 10.2 Å². The highest BCUT2D eigenvalue weighted by molar-refractivity contribution is 5.76. The van der Waals surface area contributed by atoms with Gasteiger partial charge in [-0.05, 0) is 19.3 Å². The molecule has 1 saturated carbocycles. The maximum Gasteiger partial charge on any atom is 0.317 e. The van der Waals surface area contributed by atoms with Crippen LogP contribution >= 0.6 is 0 Å². The molecule has 1 aliphatic rings. The molecule has 0 heterocycles. The number of urea groups is 1. The molecule has 2 N–H and O–H groups in total. The van der Waals surface area contributed by atoms with Crippen molar-refractivity contribution < 1.29 is 24.2 Å². The molecule has 2 amide bonds. The minimum absolute atomic E-state index is 0.0609. The highest BCUT2D eigenvalue weighted by atomic mass is 16.5. The Morgan fingerprint density at radius 2 is 2.05 bits per heavy atom. The predicted molar refractivity (Wildman–Crippen MR) is 71.1 cm³/mol. The minimum atomic E-state index is -0.934. The number of carbonyl (C=O) groups excluding carboxylic acids is 2. The van der Waals surface area contributed by atoms with Gasteiger partial charge >= 0.3 is 18.0 Å². The van der Waals surface area contributed by atoms with Crippen molar-refractivity contribution in [3.05, 3.63) is 0 Å². The molecule has 20 heavy (non-hydrogen) atoms. The number of carbonyl (C=O) groups is 3. The third-order valence-electron chi connectivity index (χ3n) is 3.61. The van der Waals surface area contributed by atoms with E-state index in [0.29, 0.717) is 12.8 Å². The molecular weight excluding hydrogens is 264 g/mol. The molecule has 1 aliphatic carbocycles. The summed E-state index contributed by atoms with van der Waals surface area (Å²) in [4.78, 5) is 35.4. The van der Waals surface area contributed by atoms with Crippen LogP contribution in [0.2, 0.25) is 0 Å². The molecule has 7 heteroatoms. The van der Waals surface area contributed by atoms with Gasteiger partial charge in [0.2, 0.25) is 0 Å². The number of hydrogen-bond acceptors (Lipinski definition) is 4. The molecule has 0 aromatic carbocycles. The molecule has 0 aromatic rings. The van der Waals surface area contributed by atoms with E-state index in [4.69, 9.17) is 5.11 Å². The van der Waals surface area contributed by atoms with E-state index in [-0.39, 0.29) is 30.5 Å². The standard InChI is InChI=1S/C13H22N2O5/c1-8(11(16)17)7-15(2)13(19)14-10-5-4-9(6-10)12(18)20-3/h8-10H,4-7H2,1-3H3,(H,14,19)(H,16,17)/t8?,9-,10+/m0/s1. The third-order valence-corrected chi connectivity index (χ3v) is 3.61. The van der Waals surface area contributed by atoms with Crippen LogP contribution in [0, 0.1) is 11.8 Å². The average Bonchev–Trinajstić information content (AvgIpc) is 2.85. The molecule has 1 unspecified atom stereocenters. The number of hydrogen-bond donors (Lipinski definition) is 2. The lowest BCUT2D eigenvalue weighted by atomic mass is 10.1. The second kappa shape index (κ2) is 7.12. The molecule has 7 nitrogen and oxygen atoms in total. The summed E-state index contributed by atoms with van der Waals surface area (Å²) < 4.78 is 4.69. The third kappa shape index (κ3) is 4.40. The molecule has 0 saturated heterocycles. The summed E-state index contributed by atoms with van der Waals surface area (Å²) in [5.41, 5.74) is 0. The van der Waals surface area contributed by atoms with Gasteiger partial charge in [-0.25, -0.2) is 4.79 Å². The summed E-state index contributed by atoms with van der Waals surface area (Å²) in [6.07, 6.45) is 2.00. The maximum absolute atomic E-state index is 11.9. The lowest BCUT2D eigenvalue weighted by Gasteiger charge is -2.22. The molecular formula is C13H22N2O5. The van der Waals surface area contributed by atoms with Crippen molar-refractivity contribution in [1.29, 1.82) is 0 Å². The summed E-state index contributed by atoms with van der Waals surface area (Å²) >= 11 is 0. The molecule has 0 radical (unpaired) electrons. The number of amides is 2. The zero-order chi connectivity index (χ0) is 15.3. The van der Waals surface area contributed by atoms with Gasteiger partial charge in [0.15, 0.2) is 0 Å². The molecule has 0 aromatic heterocycles. The van der Waals surface area contributed by atoms with Crippen molar-refractivity contribution in [2.75, 3.05) is 20.7 Å². The van der Waals surface area contributed by atoms with E-state index in [1.54, 1.807) is 14.0 Å². The summed E-state index contributed by atoms with van der Waals surface area (Å²) in [5.74, 6) is -1.95. The number of ether oxygens (including phenoxy) is 1. The van der Waals surface area contributed by atoms with E-state index in [1.807, 2.05) is 0 Å². The van der Waals surface area contributed by atoms with Crippen LogP contribution in [-0.4, -0.2) is 54.7 Å². The van der Waals surface area contributed by atoms with Crippen LogP contribution < -0.4 is 5.32 Å². The number of rotatable bonds is 5. The number of aliphatic carboxylic acids is 1. The van der Waals surface area contributed by atoms with Crippen LogP contribution in [0.5, 0.6) is 0 Å². The van der Waals surface area contributed by atoms with Gasteiger partial charge in [0.1, 0.15) is 0 Å². The normalized spacial score (nSPS) is 22.9. The van der Waals surface area contributed by atoms with Gasteiger partial charge in [-0.1, -0.05) is 6.92 Å². The summed E-state index contributed by atoms with van der Waals surface area (Å²) in [5, 5.41) is 11.6. The Balaban J connectivity index is 2.39. The quantitative estimate of drug-likeness (QED) is 0.725. The van der Waals surface area contributed by atoms with Crippen molar-refractivity contribution in [3.8, 4) is 0 Å². The van der Waals surface area contributed by atoms with Gasteiger partial charge in [-0.3, -0.25) is 9.59 Å². The van der Waals surface area contributed by atoms with Gasteiger partial charge in [-0.2, -0.15) is 0 Å². The van der Waals surface area contributed by atoms with Crippen molar-refractivity contribution >= 4 is 18.0 Å². The lowest BCUT2D eigenvalue weighted by molar-refractivity contribution is -0.145. The van der Waals surface area contributed by atoms with Crippen LogP contribution in [0.3, 0.4) is 0 Å². The Morgan fingerprint density at radius 3 is 2.60 bits per heavy atom. The van der Waals surface area contributed by atoms with Crippen molar-refractivity contribution in [3.63, 3.8) is 0 Å². The monoisotopic (exact) mass is 286 g/mol. The van der Waals surface area contributed by atoms with Crippen LogP contribution in [0.25, 0.3) is 0 Å². The number of carboxylic acid groups (broad SMARTS) is 1. The summed E-state index contributed by atoms with van der Waals surface area (Å²) in [7, 11) is 2.91. The topological polar surface area (TPSA) is 95.9 Å². The Bertz CT molecular complexity index is 385. The summed E-state index contributed by atoms with van der Waals surface area (Å²) in [6, 6.07) is -0.372. The zero-order valence-electron chi connectivity index (χ0n) is 12.1. The maximum atomic E-state index is 11.9. The van der Waals surface area contributed by atoms with Gasteiger partial charge < -0.3 is 20.1 Å². The molecule has 1 fully saturated rings. The molecule has 0 spiro atoms. The number of carboxylic acids is 1. The minimum Gasteiger partial charge on any atom is -0.481 e. The Hall–Kier alpha value is -1.79. The van der Waals surface area contributed by atoms with Crippen LogP contribution in [0.4, 0.5) is 4.79 Å². The molecule has 1 rings (SSSR count). The van der Waals surface area contributed by atoms with E-state index in [0.717, 1.165) is 6.42 Å². The molecule has 0 aliphatic heterocycles. The Kier molecular flexibility index (Phi) is 5.79. The van der Waals surface area contributed by atoms with E-state index in [1.165, 1.54) is 12.0 Å². The van der Waals surface area contributed by atoms with Gasteiger partial charge in [0.05, 0.1) is 18.9 Å². The van der Waals surface area contributed by atoms with E-state index in [9.17, 15) is 14.4 Å². The Morgan fingerprint density at radius 1 is 1.40 bits per heavy atom. The number of nitrogens with one attached hydrogen (secondary N) is 1. The fourth-order valence-electron chi connectivity index (χ4n) is 2.35. The smallest absolute Gasteiger partial charge is 0.317 e. The second-order valence-corrected chi connectivity index (χ2v) is 5.30. The first-order valence-electron chi connectivity index (χ1n) is 6.67. The summed E-state index contributed by atoms with van der Waals surface area (Å²) in [6.45, 7) is 1.70. The number of esters is 1. The highest BCUT2D eigenvalue weighted by Gasteiger charge is 2.32. The largest absolute Gasteiger partial charge is 0.481 e. The zero-order valence-corrected chi connectivity index (χ0v) is 12.1. The number of nitrogens with zero attached hydrogens (tertiary/aromatic N) is 1. The van der Waals surface area contributed by atoms with Crippen molar-refractivity contribution in [2.24, 2.45) is 11.8 Å². The van der Waals surface area contributed by atoms with Crippen LogP contribution in [-0.2, 0) is 14.3 Å². The first-order chi connectivity index (χ1) is 9.35. The first kappa shape index (κ1) is 16.3. The second-order valence-electron chi connectivity index (χ2n) is 5.30. The Labute approximate surface area is 118 Å². The van der Waals surface area contributed by atoms with Gasteiger partial charge in [0, 0.05) is 19.6 Å². The molecule has 114 valence electrons. The van der Waals surface area contributed by atoms with Crippen molar-refractivity contribution in [2.45, 2.75) is 32.2 Å². The van der Waals surface area contributed by atoms with Crippen LogP contribution in [0.1, 0.15) is 26.2 Å². The molecule has 3 atom stereocenters. The first-order valence-corrected chi connectivity index (χ1v) is 6.67. The van der Waals surface area contributed by atoms with E-state index >= 15 is 0 Å². The lowest BCUT2D eigenvalue weighted by Crippen LogP contribution is -2.44. The number of methoxy groups -OCH3 is 1.